The highest BCUT2D eigenvalue weighted by Gasteiger charge is 2.23. The fourth-order valence-corrected chi connectivity index (χ4v) is 2.29. The van der Waals surface area contributed by atoms with Crippen LogP contribution >= 0.6 is 23.2 Å². The number of carbonyl (C=O) groups is 1. The number of carbonyl (C=O) groups excluding carboxylic acids is 1. The minimum Gasteiger partial charge on any atom is -0.371 e. The Kier molecular flexibility index (Phi) is 4.45. The number of hydrogen-bond donors (Lipinski definition) is 1. The van der Waals surface area contributed by atoms with E-state index in [9.17, 15) is 4.79 Å². The van der Waals surface area contributed by atoms with E-state index in [1.807, 2.05) is 11.0 Å². The lowest BCUT2D eigenvalue weighted by molar-refractivity contribution is -0.121. The van der Waals surface area contributed by atoms with E-state index >= 15 is 0 Å². The SMILES string of the molecule is NC(=O)CN1CCO[C@H](c2ccc(Cl)c(Cl)c2)C1. The van der Waals surface area contributed by atoms with Crippen molar-refractivity contribution >= 4 is 29.1 Å². The van der Waals surface area contributed by atoms with Gasteiger partial charge < -0.3 is 10.5 Å². The van der Waals surface area contributed by atoms with Crippen molar-refractivity contribution in [3.8, 4) is 0 Å². The number of morpholine rings is 1. The minimum atomic E-state index is -0.329. The summed E-state index contributed by atoms with van der Waals surface area (Å²) in [4.78, 5) is 12.9. The van der Waals surface area contributed by atoms with Crippen LogP contribution in [0.4, 0.5) is 0 Å². The highest BCUT2D eigenvalue weighted by Crippen LogP contribution is 2.28. The van der Waals surface area contributed by atoms with Crippen LogP contribution in [-0.2, 0) is 9.53 Å². The maximum Gasteiger partial charge on any atom is 0.231 e. The molecule has 0 radical (unpaired) electrons. The summed E-state index contributed by atoms with van der Waals surface area (Å²) < 4.78 is 5.68. The second-order valence-corrected chi connectivity index (χ2v) is 5.05. The molecule has 4 nitrogen and oxygen atoms in total. The van der Waals surface area contributed by atoms with Gasteiger partial charge in [-0.1, -0.05) is 29.3 Å². The molecule has 98 valence electrons. The number of nitrogens with two attached hydrogens (primary N) is 1. The third kappa shape index (κ3) is 3.36. The molecular formula is C12H14Cl2N2O2. The van der Waals surface area contributed by atoms with Crippen LogP contribution < -0.4 is 5.73 Å². The molecule has 1 amide bonds. The first kappa shape index (κ1) is 13.6. The van der Waals surface area contributed by atoms with Crippen LogP contribution in [0.5, 0.6) is 0 Å². The van der Waals surface area contributed by atoms with Gasteiger partial charge in [0.15, 0.2) is 0 Å². The van der Waals surface area contributed by atoms with E-state index in [4.69, 9.17) is 33.7 Å². The van der Waals surface area contributed by atoms with E-state index in [0.29, 0.717) is 29.7 Å². The number of amides is 1. The Labute approximate surface area is 116 Å². The average Bonchev–Trinajstić information content (AvgIpc) is 2.32. The zero-order valence-corrected chi connectivity index (χ0v) is 11.2. The molecule has 1 aromatic carbocycles. The zero-order chi connectivity index (χ0) is 13.1. The van der Waals surface area contributed by atoms with Gasteiger partial charge >= 0.3 is 0 Å². The van der Waals surface area contributed by atoms with Crippen LogP contribution in [0.2, 0.25) is 10.0 Å². The largest absolute Gasteiger partial charge is 0.371 e. The lowest BCUT2D eigenvalue weighted by atomic mass is 10.1. The number of hydrogen-bond acceptors (Lipinski definition) is 3. The van der Waals surface area contributed by atoms with E-state index in [1.165, 1.54) is 0 Å². The first-order chi connectivity index (χ1) is 8.56. The topological polar surface area (TPSA) is 55.6 Å². The van der Waals surface area contributed by atoms with Gasteiger partial charge in [-0.3, -0.25) is 9.69 Å². The van der Waals surface area contributed by atoms with Gasteiger partial charge in [0, 0.05) is 13.1 Å². The fourth-order valence-electron chi connectivity index (χ4n) is 1.98. The van der Waals surface area contributed by atoms with E-state index in [-0.39, 0.29) is 18.6 Å². The zero-order valence-electron chi connectivity index (χ0n) is 9.73. The minimum absolute atomic E-state index is 0.104. The number of benzene rings is 1. The summed E-state index contributed by atoms with van der Waals surface area (Å²) in [7, 11) is 0. The quantitative estimate of drug-likeness (QED) is 0.924. The van der Waals surface area contributed by atoms with Crippen LogP contribution in [0.3, 0.4) is 0 Å². The van der Waals surface area contributed by atoms with Crippen LogP contribution in [0.1, 0.15) is 11.7 Å². The molecule has 18 heavy (non-hydrogen) atoms. The van der Waals surface area contributed by atoms with Gasteiger partial charge in [0.2, 0.25) is 5.91 Å². The van der Waals surface area contributed by atoms with Gasteiger partial charge in [-0.15, -0.1) is 0 Å². The number of halogens is 2. The summed E-state index contributed by atoms with van der Waals surface area (Å²) in [6.07, 6.45) is -0.104. The van der Waals surface area contributed by atoms with Crippen molar-refractivity contribution in [3.63, 3.8) is 0 Å². The molecule has 1 atom stereocenters. The van der Waals surface area contributed by atoms with E-state index in [1.54, 1.807) is 12.1 Å². The van der Waals surface area contributed by atoms with E-state index in [2.05, 4.69) is 0 Å². The molecule has 0 spiro atoms. The second kappa shape index (κ2) is 5.89. The molecule has 6 heteroatoms. The van der Waals surface area contributed by atoms with Crippen molar-refractivity contribution in [2.24, 2.45) is 5.73 Å². The first-order valence-electron chi connectivity index (χ1n) is 5.63. The van der Waals surface area contributed by atoms with E-state index in [0.717, 1.165) is 5.56 Å². The molecule has 0 saturated carbocycles. The van der Waals surface area contributed by atoms with Crippen LogP contribution in [0, 0.1) is 0 Å². The van der Waals surface area contributed by atoms with Gasteiger partial charge in [0.1, 0.15) is 0 Å². The summed E-state index contributed by atoms with van der Waals surface area (Å²) in [5.41, 5.74) is 6.15. The summed E-state index contributed by atoms with van der Waals surface area (Å²) in [6, 6.07) is 5.42. The fraction of sp³-hybridized carbons (Fsp3) is 0.417. The normalized spacial score (nSPS) is 20.9. The molecule has 2 N–H and O–H groups in total. The maximum absolute atomic E-state index is 10.9. The molecular weight excluding hydrogens is 275 g/mol. The van der Waals surface area contributed by atoms with Gasteiger partial charge in [0.25, 0.3) is 0 Å². The van der Waals surface area contributed by atoms with Crippen LogP contribution in [-0.4, -0.2) is 37.0 Å². The maximum atomic E-state index is 10.9. The third-order valence-electron chi connectivity index (χ3n) is 2.85. The molecule has 0 aliphatic carbocycles. The molecule has 0 bridgehead atoms. The number of primary amides is 1. The Balaban J connectivity index is 2.08. The van der Waals surface area contributed by atoms with Crippen LogP contribution in [0.25, 0.3) is 0 Å². The molecule has 0 aromatic heterocycles. The van der Waals surface area contributed by atoms with Crippen molar-refractivity contribution in [3.05, 3.63) is 33.8 Å². The monoisotopic (exact) mass is 288 g/mol. The van der Waals surface area contributed by atoms with Gasteiger partial charge in [0.05, 0.1) is 29.3 Å². The molecule has 1 aliphatic heterocycles. The van der Waals surface area contributed by atoms with Crippen molar-refractivity contribution < 1.29 is 9.53 Å². The Morgan fingerprint density at radius 2 is 2.22 bits per heavy atom. The Hall–Kier alpha value is -0.810. The molecule has 2 rings (SSSR count). The first-order valence-corrected chi connectivity index (χ1v) is 6.39. The summed E-state index contributed by atoms with van der Waals surface area (Å²) in [5.74, 6) is -0.329. The molecule has 1 aliphatic rings. The molecule has 1 heterocycles. The lowest BCUT2D eigenvalue weighted by Crippen LogP contribution is -2.42. The number of rotatable bonds is 3. The highest BCUT2D eigenvalue weighted by molar-refractivity contribution is 6.42. The lowest BCUT2D eigenvalue weighted by Gasteiger charge is -2.32. The standard InChI is InChI=1S/C12H14Cl2N2O2/c13-9-2-1-8(5-10(9)14)11-6-16(3-4-18-11)7-12(15)17/h1-2,5,11H,3-4,6-7H2,(H2,15,17)/t11-/m0/s1. The van der Waals surface area contributed by atoms with Crippen molar-refractivity contribution in [2.45, 2.75) is 6.10 Å². The van der Waals surface area contributed by atoms with Crippen molar-refractivity contribution in [1.82, 2.24) is 4.90 Å². The summed E-state index contributed by atoms with van der Waals surface area (Å²) in [5, 5.41) is 1.02. The average molecular weight is 289 g/mol. The summed E-state index contributed by atoms with van der Waals surface area (Å²) in [6.45, 7) is 2.15. The third-order valence-corrected chi connectivity index (χ3v) is 3.58. The Morgan fingerprint density at radius 1 is 1.44 bits per heavy atom. The molecule has 1 saturated heterocycles. The van der Waals surface area contributed by atoms with E-state index < -0.39 is 0 Å². The van der Waals surface area contributed by atoms with Gasteiger partial charge in [-0.25, -0.2) is 0 Å². The molecule has 0 unspecified atom stereocenters. The number of nitrogens with zero attached hydrogens (tertiary/aromatic N) is 1. The van der Waals surface area contributed by atoms with Crippen molar-refractivity contribution in [1.29, 1.82) is 0 Å². The number of ether oxygens (including phenoxy) is 1. The Bertz CT molecular complexity index is 454. The molecule has 1 fully saturated rings. The molecule has 1 aromatic rings. The van der Waals surface area contributed by atoms with Crippen LogP contribution in [0.15, 0.2) is 18.2 Å². The highest BCUT2D eigenvalue weighted by atomic mass is 35.5. The Morgan fingerprint density at radius 3 is 2.89 bits per heavy atom. The predicted octanol–water partition coefficient (Wildman–Crippen LogP) is 1.85. The van der Waals surface area contributed by atoms with Gasteiger partial charge in [-0.05, 0) is 17.7 Å². The summed E-state index contributed by atoms with van der Waals surface area (Å²) >= 11 is 11.9. The predicted molar refractivity (Wildman–Crippen MR) is 70.8 cm³/mol. The smallest absolute Gasteiger partial charge is 0.231 e. The van der Waals surface area contributed by atoms with Gasteiger partial charge in [-0.2, -0.15) is 0 Å². The second-order valence-electron chi connectivity index (χ2n) is 4.23. The van der Waals surface area contributed by atoms with Crippen molar-refractivity contribution in [2.75, 3.05) is 26.2 Å².